The van der Waals surface area contributed by atoms with Crippen LogP contribution in [-0.4, -0.2) is 64.6 Å². The minimum atomic E-state index is -4.94. The van der Waals surface area contributed by atoms with Gasteiger partial charge in [-0.3, -0.25) is 9.59 Å². The summed E-state index contributed by atoms with van der Waals surface area (Å²) in [4.78, 5) is 28.4. The van der Waals surface area contributed by atoms with Crippen molar-refractivity contribution in [1.82, 2.24) is 9.80 Å². The summed E-state index contributed by atoms with van der Waals surface area (Å²) in [5.41, 5.74) is -3.08. The summed E-state index contributed by atoms with van der Waals surface area (Å²) in [5, 5.41) is 9.65. The maximum atomic E-state index is 13.1. The zero-order chi connectivity index (χ0) is 29.9. The molecule has 13 heteroatoms. The Balaban J connectivity index is 0.000000483. The molecule has 1 N–H and O–H groups in total. The molecule has 0 radical (unpaired) electrons. The molecule has 224 valence electrons. The first-order valence-corrected chi connectivity index (χ1v) is 13.1. The van der Waals surface area contributed by atoms with Crippen molar-refractivity contribution in [3.8, 4) is 0 Å². The van der Waals surface area contributed by atoms with Crippen molar-refractivity contribution in [2.75, 3.05) is 19.6 Å². The lowest BCUT2D eigenvalue weighted by molar-refractivity contribution is -0.146. The van der Waals surface area contributed by atoms with E-state index in [-0.39, 0.29) is 54.8 Å². The number of hydrogen-bond donors (Lipinski definition) is 1. The van der Waals surface area contributed by atoms with Crippen molar-refractivity contribution >= 4 is 11.8 Å². The summed E-state index contributed by atoms with van der Waals surface area (Å²) in [6, 6.07) is 8.96. The van der Waals surface area contributed by atoms with Crippen molar-refractivity contribution in [2.24, 2.45) is 5.92 Å². The highest BCUT2D eigenvalue weighted by Crippen LogP contribution is 2.38. The second-order valence-corrected chi connectivity index (χ2v) is 10.4. The van der Waals surface area contributed by atoms with E-state index in [2.05, 4.69) is 0 Å². The number of benzene rings is 2. The minimum absolute atomic E-state index is 0.0250. The SMILES string of the molecule is Fc1ccccc1.O=C(C1CC(=O)N2CC(OCc3cc(C(F)(F)F)cc(C(F)(F)F)c3)CC2C1)N1CCC(O)C1. The standard InChI is InChI=1S/C22H24F6N2O4.C6H5F/c23-21(24,25)14-3-12(4-15(7-14)22(26,27)28)11-34-18-8-16-5-13(6-19(32)30(16)10-18)20(33)29-2-1-17(31)9-29;7-6-4-2-1-3-5-6/h3-4,7,13,16-18,31H,1-2,5-6,8-11H2;1-5H. The van der Waals surface area contributed by atoms with Crippen LogP contribution >= 0.6 is 0 Å². The predicted octanol–water partition coefficient (Wildman–Crippen LogP) is 5.04. The smallest absolute Gasteiger partial charge is 0.391 e. The zero-order valence-corrected chi connectivity index (χ0v) is 21.8. The van der Waals surface area contributed by atoms with Crippen molar-refractivity contribution in [1.29, 1.82) is 0 Å². The first-order valence-electron chi connectivity index (χ1n) is 13.1. The second-order valence-electron chi connectivity index (χ2n) is 10.4. The van der Waals surface area contributed by atoms with Gasteiger partial charge in [-0.15, -0.1) is 0 Å². The van der Waals surface area contributed by atoms with Gasteiger partial charge in [0.25, 0.3) is 0 Å². The molecule has 3 aliphatic heterocycles. The lowest BCUT2D eigenvalue weighted by Crippen LogP contribution is -2.47. The maximum absolute atomic E-state index is 13.1. The number of ether oxygens (including phenoxy) is 1. The number of likely N-dealkylation sites (tertiary alicyclic amines) is 1. The van der Waals surface area contributed by atoms with Gasteiger partial charge in [0.05, 0.1) is 29.9 Å². The molecule has 4 atom stereocenters. The first-order chi connectivity index (χ1) is 19.2. The molecule has 3 saturated heterocycles. The summed E-state index contributed by atoms with van der Waals surface area (Å²) in [6.07, 6.45) is -9.77. The summed E-state index contributed by atoms with van der Waals surface area (Å²) >= 11 is 0. The Kier molecular flexibility index (Phi) is 9.27. The molecule has 0 aliphatic carbocycles. The number of alkyl halides is 6. The molecule has 0 aromatic heterocycles. The van der Waals surface area contributed by atoms with Crippen LogP contribution in [0.25, 0.3) is 0 Å². The van der Waals surface area contributed by atoms with E-state index in [1.807, 2.05) is 0 Å². The average molecular weight is 591 g/mol. The summed E-state index contributed by atoms with van der Waals surface area (Å²) in [7, 11) is 0. The number of β-amino-alcohol motifs (C(OH)–C–C–N with tert-alkyl or cyclic N) is 1. The van der Waals surface area contributed by atoms with E-state index in [9.17, 15) is 45.4 Å². The summed E-state index contributed by atoms with van der Waals surface area (Å²) < 4.78 is 95.9. The molecular weight excluding hydrogens is 561 g/mol. The van der Waals surface area contributed by atoms with Crippen molar-refractivity contribution in [3.05, 3.63) is 71.0 Å². The number of aliphatic hydroxyl groups excluding tert-OH is 1. The topological polar surface area (TPSA) is 70.1 Å². The van der Waals surface area contributed by atoms with E-state index < -0.39 is 48.2 Å². The summed E-state index contributed by atoms with van der Waals surface area (Å²) in [5.74, 6) is -1.12. The fourth-order valence-corrected chi connectivity index (χ4v) is 5.38. The third-order valence-electron chi connectivity index (χ3n) is 7.36. The maximum Gasteiger partial charge on any atom is 0.416 e. The Morgan fingerprint density at radius 2 is 1.59 bits per heavy atom. The van der Waals surface area contributed by atoms with Gasteiger partial charge in [-0.05, 0) is 55.2 Å². The Morgan fingerprint density at radius 3 is 2.10 bits per heavy atom. The van der Waals surface area contributed by atoms with Gasteiger partial charge in [-0.1, -0.05) is 18.2 Å². The highest BCUT2D eigenvalue weighted by atomic mass is 19.4. The quantitative estimate of drug-likeness (QED) is 0.507. The number of halogens is 7. The molecule has 3 heterocycles. The van der Waals surface area contributed by atoms with E-state index in [1.165, 1.54) is 12.1 Å². The van der Waals surface area contributed by atoms with Crippen molar-refractivity contribution in [3.63, 3.8) is 0 Å². The van der Waals surface area contributed by atoms with Crippen molar-refractivity contribution in [2.45, 2.75) is 62.9 Å². The molecule has 5 rings (SSSR count). The van der Waals surface area contributed by atoms with Gasteiger partial charge in [-0.2, -0.15) is 26.3 Å². The fraction of sp³-hybridized carbons (Fsp3) is 0.500. The molecule has 41 heavy (non-hydrogen) atoms. The number of hydrogen-bond acceptors (Lipinski definition) is 4. The molecule has 2 amide bonds. The van der Waals surface area contributed by atoms with Gasteiger partial charge in [0, 0.05) is 38.0 Å². The normalized spacial score (nSPS) is 24.6. The number of piperidine rings is 1. The van der Waals surface area contributed by atoms with Crippen LogP contribution in [0, 0.1) is 11.7 Å². The lowest BCUT2D eigenvalue weighted by atomic mass is 9.89. The monoisotopic (exact) mass is 590 g/mol. The number of aliphatic hydroxyl groups is 1. The van der Waals surface area contributed by atoms with E-state index in [1.54, 1.807) is 28.0 Å². The van der Waals surface area contributed by atoms with Crippen LogP contribution in [0.1, 0.15) is 42.4 Å². The van der Waals surface area contributed by atoms with E-state index in [4.69, 9.17) is 4.74 Å². The molecular formula is C28H29F7N2O4. The highest BCUT2D eigenvalue weighted by molar-refractivity contribution is 5.87. The van der Waals surface area contributed by atoms with Crippen LogP contribution in [0.2, 0.25) is 0 Å². The van der Waals surface area contributed by atoms with Gasteiger partial charge in [0.2, 0.25) is 11.8 Å². The molecule has 0 bridgehead atoms. The van der Waals surface area contributed by atoms with Crippen LogP contribution in [-0.2, 0) is 33.3 Å². The first kappa shape index (κ1) is 30.8. The minimum Gasteiger partial charge on any atom is -0.391 e. The molecule has 0 spiro atoms. The number of carbonyl (C=O) groups is 2. The molecule has 2 aromatic rings. The van der Waals surface area contributed by atoms with Crippen LogP contribution in [0.5, 0.6) is 0 Å². The predicted molar refractivity (Wildman–Crippen MR) is 131 cm³/mol. The number of amides is 2. The Bertz CT molecular complexity index is 1190. The van der Waals surface area contributed by atoms with E-state index in [0.717, 1.165) is 0 Å². The van der Waals surface area contributed by atoms with Gasteiger partial charge < -0.3 is 19.6 Å². The molecule has 4 unspecified atom stereocenters. The molecule has 0 saturated carbocycles. The van der Waals surface area contributed by atoms with Crippen LogP contribution in [0.15, 0.2) is 48.5 Å². The summed E-state index contributed by atoms with van der Waals surface area (Å²) in [6.45, 7) is 0.362. The van der Waals surface area contributed by atoms with Crippen molar-refractivity contribution < 1.29 is 50.2 Å². The van der Waals surface area contributed by atoms with Crippen LogP contribution in [0.4, 0.5) is 30.7 Å². The van der Waals surface area contributed by atoms with Gasteiger partial charge in [0.15, 0.2) is 0 Å². The fourth-order valence-electron chi connectivity index (χ4n) is 5.38. The molecule has 3 fully saturated rings. The Hall–Kier alpha value is -3.19. The highest BCUT2D eigenvalue weighted by Gasteiger charge is 2.45. The second kappa shape index (κ2) is 12.4. The third kappa shape index (κ3) is 7.97. The van der Waals surface area contributed by atoms with E-state index in [0.29, 0.717) is 37.9 Å². The van der Waals surface area contributed by atoms with Gasteiger partial charge >= 0.3 is 12.4 Å². The Morgan fingerprint density at radius 1 is 0.951 bits per heavy atom. The van der Waals surface area contributed by atoms with Crippen LogP contribution < -0.4 is 0 Å². The number of nitrogens with zero attached hydrogens (tertiary/aromatic N) is 2. The van der Waals surface area contributed by atoms with Gasteiger partial charge in [0.1, 0.15) is 5.82 Å². The van der Waals surface area contributed by atoms with Gasteiger partial charge in [-0.25, -0.2) is 4.39 Å². The van der Waals surface area contributed by atoms with Crippen LogP contribution in [0.3, 0.4) is 0 Å². The number of fused-ring (bicyclic) bond motifs is 1. The zero-order valence-electron chi connectivity index (χ0n) is 21.8. The molecule has 3 aliphatic rings. The largest absolute Gasteiger partial charge is 0.416 e. The Labute approximate surface area is 231 Å². The number of carbonyl (C=O) groups excluding carboxylic acids is 2. The number of rotatable bonds is 4. The van der Waals surface area contributed by atoms with E-state index >= 15 is 0 Å². The average Bonchev–Trinajstić information content (AvgIpc) is 3.53. The molecule has 2 aromatic carbocycles. The lowest BCUT2D eigenvalue weighted by Gasteiger charge is -2.35. The molecule has 6 nitrogen and oxygen atoms in total. The third-order valence-corrected chi connectivity index (χ3v) is 7.36.